The zero-order chi connectivity index (χ0) is 26.4. The summed E-state index contributed by atoms with van der Waals surface area (Å²) in [5, 5.41) is 4.00. The number of carbonyl (C=O) groups excluding carboxylic acids is 1. The number of hydrogen-bond donors (Lipinski definition) is 1. The summed E-state index contributed by atoms with van der Waals surface area (Å²) in [5.74, 6) is 2.70. The molecule has 194 valence electrons. The summed E-state index contributed by atoms with van der Waals surface area (Å²) in [4.78, 5) is 12.8. The Kier molecular flexibility index (Phi) is 8.78. The van der Waals surface area contributed by atoms with Crippen LogP contribution in [0.4, 0.5) is 5.69 Å². The first-order valence-electron chi connectivity index (χ1n) is 11.4. The minimum absolute atomic E-state index is 0.0138. The molecule has 1 aliphatic heterocycles. The van der Waals surface area contributed by atoms with Crippen molar-refractivity contribution in [2.45, 2.75) is 17.9 Å². The van der Waals surface area contributed by atoms with Crippen LogP contribution in [0, 0.1) is 6.92 Å². The summed E-state index contributed by atoms with van der Waals surface area (Å²) < 4.78 is 39.7. The minimum Gasteiger partial charge on any atom is -0.496 e. The summed E-state index contributed by atoms with van der Waals surface area (Å²) in [6, 6.07) is 18.7. The van der Waals surface area contributed by atoms with Gasteiger partial charge in [-0.1, -0.05) is 17.7 Å². The van der Waals surface area contributed by atoms with Crippen LogP contribution in [-0.2, 0) is 14.8 Å². The molecule has 0 aliphatic carbocycles. The van der Waals surface area contributed by atoms with Crippen molar-refractivity contribution in [3.05, 3.63) is 82.3 Å². The molecule has 0 atom stereocenters. The van der Waals surface area contributed by atoms with E-state index in [1.807, 2.05) is 43.0 Å². The predicted molar refractivity (Wildman–Crippen MR) is 150 cm³/mol. The van der Waals surface area contributed by atoms with E-state index >= 15 is 0 Å². The Morgan fingerprint density at radius 3 is 2.43 bits per heavy atom. The quantitative estimate of drug-likeness (QED) is 0.268. The van der Waals surface area contributed by atoms with Gasteiger partial charge in [0.25, 0.3) is 15.9 Å². The second kappa shape index (κ2) is 12.0. The van der Waals surface area contributed by atoms with Gasteiger partial charge in [0.05, 0.1) is 28.4 Å². The van der Waals surface area contributed by atoms with E-state index in [0.29, 0.717) is 15.9 Å². The fraction of sp³-hybridized carbons (Fsp3) is 0.231. The molecule has 0 aromatic heterocycles. The van der Waals surface area contributed by atoms with Crippen LogP contribution in [0.2, 0.25) is 0 Å². The first kappa shape index (κ1) is 27.0. The molecule has 37 heavy (non-hydrogen) atoms. The molecule has 1 saturated heterocycles. The largest absolute Gasteiger partial charge is 0.496 e. The van der Waals surface area contributed by atoms with E-state index in [2.05, 4.69) is 26.5 Å². The molecule has 1 aliphatic rings. The van der Waals surface area contributed by atoms with Crippen molar-refractivity contribution in [2.24, 2.45) is 5.10 Å². The Labute approximate surface area is 229 Å². The van der Waals surface area contributed by atoms with Gasteiger partial charge in [0.15, 0.2) is 0 Å². The number of aryl methyl sites for hydroxylation is 1. The lowest BCUT2D eigenvalue weighted by Crippen LogP contribution is -2.39. The predicted octanol–water partition coefficient (Wildman–Crippen LogP) is 4.61. The van der Waals surface area contributed by atoms with Crippen molar-refractivity contribution in [1.29, 1.82) is 0 Å². The van der Waals surface area contributed by atoms with Gasteiger partial charge in [0.1, 0.15) is 24.1 Å². The Balaban J connectivity index is 1.48. The van der Waals surface area contributed by atoms with Crippen molar-refractivity contribution in [1.82, 2.24) is 5.43 Å². The average molecular weight is 605 g/mol. The molecule has 0 bridgehead atoms. The molecule has 0 saturated carbocycles. The van der Waals surface area contributed by atoms with Gasteiger partial charge in [-0.25, -0.2) is 13.8 Å². The number of sulfonamides is 1. The van der Waals surface area contributed by atoms with E-state index in [0.717, 1.165) is 32.7 Å². The van der Waals surface area contributed by atoms with Crippen molar-refractivity contribution >= 4 is 55.5 Å². The van der Waals surface area contributed by atoms with E-state index in [1.165, 1.54) is 25.5 Å². The van der Waals surface area contributed by atoms with Crippen molar-refractivity contribution in [2.75, 3.05) is 29.5 Å². The Hall–Kier alpha value is -3.02. The first-order valence-corrected chi connectivity index (χ1v) is 14.7. The number of benzene rings is 3. The molecule has 1 N–H and O–H groups in total. The van der Waals surface area contributed by atoms with Gasteiger partial charge in [-0.3, -0.25) is 9.10 Å². The Morgan fingerprint density at radius 2 is 1.84 bits per heavy atom. The highest BCUT2D eigenvalue weighted by molar-refractivity contribution is 9.10. The number of halogens is 1. The van der Waals surface area contributed by atoms with Gasteiger partial charge < -0.3 is 9.47 Å². The monoisotopic (exact) mass is 603 g/mol. The summed E-state index contributed by atoms with van der Waals surface area (Å²) in [7, 11) is -2.58. The third-order valence-corrected chi connectivity index (χ3v) is 9.12. The normalized spacial score (nSPS) is 13.7. The van der Waals surface area contributed by atoms with E-state index < -0.39 is 22.5 Å². The van der Waals surface area contributed by atoms with Gasteiger partial charge in [0, 0.05) is 11.5 Å². The highest BCUT2D eigenvalue weighted by Gasteiger charge is 2.28. The number of anilines is 1. The standard InChI is InChI=1S/C26H26BrN3O5S2/c1-18-3-7-20(8-4-18)30(37(32,33)23-11-12-25(34-2)24(27)13-23)15-26(31)29-28-14-19-5-9-21(10-6-19)35-22-16-36-17-22/h3-14,22H,15-17H2,1-2H3,(H,29,31)/b28-14-. The lowest BCUT2D eigenvalue weighted by atomic mass is 10.2. The van der Waals surface area contributed by atoms with Crippen LogP contribution >= 0.6 is 27.7 Å². The summed E-state index contributed by atoms with van der Waals surface area (Å²) in [6.07, 6.45) is 1.75. The molecule has 3 aromatic carbocycles. The van der Waals surface area contributed by atoms with Gasteiger partial charge in [-0.05, 0) is 83.0 Å². The summed E-state index contributed by atoms with van der Waals surface area (Å²) in [5.41, 5.74) is 4.51. The minimum atomic E-state index is -4.08. The molecule has 1 amide bonds. The molecule has 3 aromatic rings. The Bertz CT molecular complexity index is 1380. The van der Waals surface area contributed by atoms with Crippen molar-refractivity contribution in [3.8, 4) is 11.5 Å². The SMILES string of the molecule is COc1ccc(S(=O)(=O)N(CC(=O)N/N=C\c2ccc(OC3CSC3)cc2)c2ccc(C)cc2)cc1Br. The van der Waals surface area contributed by atoms with E-state index in [9.17, 15) is 13.2 Å². The number of thioether (sulfide) groups is 1. The second-order valence-electron chi connectivity index (χ2n) is 8.28. The molecule has 4 rings (SSSR count). The maximum Gasteiger partial charge on any atom is 0.264 e. The molecule has 0 radical (unpaired) electrons. The second-order valence-corrected chi connectivity index (χ2v) is 12.1. The third kappa shape index (κ3) is 6.85. The molecule has 8 nitrogen and oxygen atoms in total. The molecular weight excluding hydrogens is 578 g/mol. The van der Waals surface area contributed by atoms with Gasteiger partial charge >= 0.3 is 0 Å². The number of methoxy groups -OCH3 is 1. The fourth-order valence-corrected chi connectivity index (χ4v) is 6.12. The average Bonchev–Trinajstić information content (AvgIpc) is 2.86. The maximum atomic E-state index is 13.6. The number of hydrazone groups is 1. The van der Waals surface area contributed by atoms with Crippen LogP contribution in [0.15, 0.2) is 81.2 Å². The lowest BCUT2D eigenvalue weighted by Gasteiger charge is -2.25. The first-order chi connectivity index (χ1) is 17.8. The van der Waals surface area contributed by atoms with Crippen molar-refractivity contribution < 1.29 is 22.7 Å². The van der Waals surface area contributed by atoms with Gasteiger partial charge in [-0.2, -0.15) is 16.9 Å². The number of nitrogens with zero attached hydrogens (tertiary/aromatic N) is 2. The maximum absolute atomic E-state index is 13.6. The summed E-state index contributed by atoms with van der Waals surface area (Å²) in [6.45, 7) is 1.44. The van der Waals surface area contributed by atoms with Crippen LogP contribution in [0.5, 0.6) is 11.5 Å². The van der Waals surface area contributed by atoms with E-state index in [1.54, 1.807) is 30.3 Å². The van der Waals surface area contributed by atoms with Crippen LogP contribution in [0.3, 0.4) is 0 Å². The lowest BCUT2D eigenvalue weighted by molar-refractivity contribution is -0.119. The highest BCUT2D eigenvalue weighted by Crippen LogP contribution is 2.31. The van der Waals surface area contributed by atoms with Crippen LogP contribution < -0.4 is 19.2 Å². The fourth-order valence-electron chi connectivity index (χ4n) is 3.41. The molecular formula is C26H26BrN3O5S2. The molecule has 0 unspecified atom stereocenters. The number of ether oxygens (including phenoxy) is 2. The number of hydrogen-bond acceptors (Lipinski definition) is 7. The summed E-state index contributed by atoms with van der Waals surface area (Å²) >= 11 is 5.18. The van der Waals surface area contributed by atoms with Crippen LogP contribution in [0.25, 0.3) is 0 Å². The van der Waals surface area contributed by atoms with Gasteiger partial charge in [-0.15, -0.1) is 0 Å². The van der Waals surface area contributed by atoms with Crippen molar-refractivity contribution in [3.63, 3.8) is 0 Å². The van der Waals surface area contributed by atoms with E-state index in [4.69, 9.17) is 9.47 Å². The number of amides is 1. The Morgan fingerprint density at radius 1 is 1.14 bits per heavy atom. The van der Waals surface area contributed by atoms with Crippen LogP contribution in [0.1, 0.15) is 11.1 Å². The number of rotatable bonds is 10. The smallest absolute Gasteiger partial charge is 0.264 e. The highest BCUT2D eigenvalue weighted by atomic mass is 79.9. The third-order valence-electron chi connectivity index (χ3n) is 5.51. The topological polar surface area (TPSA) is 97.3 Å². The molecule has 1 fully saturated rings. The zero-order valence-electron chi connectivity index (χ0n) is 20.3. The molecule has 11 heteroatoms. The number of carbonyl (C=O) groups is 1. The zero-order valence-corrected chi connectivity index (χ0v) is 23.5. The molecule has 1 heterocycles. The number of nitrogens with one attached hydrogen (secondary N) is 1. The van der Waals surface area contributed by atoms with Gasteiger partial charge in [0.2, 0.25) is 0 Å². The van der Waals surface area contributed by atoms with Crippen LogP contribution in [-0.4, -0.2) is 51.8 Å². The van der Waals surface area contributed by atoms with E-state index in [-0.39, 0.29) is 11.0 Å². The molecule has 0 spiro atoms.